The highest BCUT2D eigenvalue weighted by molar-refractivity contribution is 7.99. The molecule has 0 radical (unpaired) electrons. The number of hydrogen-bond acceptors (Lipinski definition) is 4. The Hall–Kier alpha value is -1.53. The van der Waals surface area contributed by atoms with Crippen LogP contribution in [-0.4, -0.2) is 40.2 Å². The molecule has 0 unspecified atom stereocenters. The molecule has 0 fully saturated rings. The quantitative estimate of drug-likeness (QED) is 0.652. The number of aliphatic hydroxyl groups is 1. The first-order valence-electron chi connectivity index (χ1n) is 5.45. The molecule has 0 atom stereocenters. The molecule has 0 spiro atoms. The Bertz CT molecular complexity index is 405. The summed E-state index contributed by atoms with van der Waals surface area (Å²) in [6.07, 6.45) is 0.672. The lowest BCUT2D eigenvalue weighted by Gasteiger charge is -2.05. The number of carbonyl (C=O) groups is 2. The van der Waals surface area contributed by atoms with Crippen molar-refractivity contribution in [2.24, 2.45) is 0 Å². The van der Waals surface area contributed by atoms with Crippen molar-refractivity contribution >= 4 is 29.3 Å². The number of hydrogen-bond donors (Lipinski definition) is 3. The van der Waals surface area contributed by atoms with Crippen molar-refractivity contribution < 1.29 is 19.8 Å². The van der Waals surface area contributed by atoms with Crippen LogP contribution in [0.25, 0.3) is 0 Å². The smallest absolute Gasteiger partial charge is 0.335 e. The van der Waals surface area contributed by atoms with Gasteiger partial charge in [-0.3, -0.25) is 4.79 Å². The summed E-state index contributed by atoms with van der Waals surface area (Å²) in [5.74, 6) is -0.0730. The van der Waals surface area contributed by atoms with E-state index < -0.39 is 5.97 Å². The van der Waals surface area contributed by atoms with Crippen LogP contribution in [0.2, 0.25) is 0 Å². The average Bonchev–Trinajstić information content (AvgIpc) is 2.35. The molecule has 3 N–H and O–H groups in total. The van der Waals surface area contributed by atoms with Gasteiger partial charge in [-0.2, -0.15) is 11.8 Å². The maximum Gasteiger partial charge on any atom is 0.335 e. The molecule has 18 heavy (non-hydrogen) atoms. The average molecular weight is 269 g/mol. The Morgan fingerprint density at radius 3 is 2.44 bits per heavy atom. The molecule has 98 valence electrons. The number of rotatable bonds is 7. The van der Waals surface area contributed by atoms with Crippen LogP contribution in [-0.2, 0) is 4.79 Å². The molecule has 1 aromatic rings. The Balaban J connectivity index is 2.37. The maximum atomic E-state index is 11.5. The Morgan fingerprint density at radius 2 is 1.89 bits per heavy atom. The van der Waals surface area contributed by atoms with Crippen LogP contribution in [0.5, 0.6) is 0 Å². The predicted octanol–water partition coefficient (Wildman–Crippen LogP) is 1.44. The highest BCUT2D eigenvalue weighted by Crippen LogP contribution is 2.10. The first-order valence-corrected chi connectivity index (χ1v) is 6.61. The molecule has 0 aliphatic carbocycles. The summed E-state index contributed by atoms with van der Waals surface area (Å²) < 4.78 is 0. The Morgan fingerprint density at radius 1 is 1.22 bits per heavy atom. The molecular formula is C12H15NO4S. The number of aliphatic hydroxyl groups excluding tert-OH is 1. The first kappa shape index (κ1) is 14.5. The number of carboxylic acids is 1. The maximum absolute atomic E-state index is 11.5. The van der Waals surface area contributed by atoms with Crippen LogP contribution in [0.3, 0.4) is 0 Å². The van der Waals surface area contributed by atoms with Gasteiger partial charge >= 0.3 is 5.97 Å². The lowest BCUT2D eigenvalue weighted by atomic mass is 10.2. The van der Waals surface area contributed by atoms with Crippen LogP contribution < -0.4 is 5.32 Å². The van der Waals surface area contributed by atoms with Crippen molar-refractivity contribution in [3.63, 3.8) is 0 Å². The molecule has 1 aromatic carbocycles. The van der Waals surface area contributed by atoms with Gasteiger partial charge in [-0.05, 0) is 36.4 Å². The van der Waals surface area contributed by atoms with Crippen molar-refractivity contribution in [3.05, 3.63) is 29.8 Å². The Kier molecular flexibility index (Phi) is 6.24. The number of aromatic carboxylic acids is 1. The molecule has 0 aliphatic rings. The van der Waals surface area contributed by atoms with E-state index >= 15 is 0 Å². The molecule has 0 heterocycles. The van der Waals surface area contributed by atoms with Gasteiger partial charge in [0.1, 0.15) is 0 Å². The van der Waals surface area contributed by atoms with Crippen molar-refractivity contribution in [3.8, 4) is 0 Å². The van der Waals surface area contributed by atoms with E-state index in [1.54, 1.807) is 12.1 Å². The van der Waals surface area contributed by atoms with Gasteiger partial charge in [-0.25, -0.2) is 4.79 Å². The van der Waals surface area contributed by atoms with Gasteiger partial charge in [0.2, 0.25) is 5.91 Å². The largest absolute Gasteiger partial charge is 0.478 e. The van der Waals surface area contributed by atoms with E-state index in [9.17, 15) is 9.59 Å². The second kappa shape index (κ2) is 7.73. The normalized spacial score (nSPS) is 10.1. The second-order valence-electron chi connectivity index (χ2n) is 3.56. The monoisotopic (exact) mass is 269 g/mol. The van der Waals surface area contributed by atoms with Gasteiger partial charge in [0.05, 0.1) is 11.3 Å². The SMILES string of the molecule is O=C(CSCCCO)Nc1ccc(C(=O)O)cc1. The van der Waals surface area contributed by atoms with Crippen molar-refractivity contribution in [1.29, 1.82) is 0 Å². The number of anilines is 1. The molecule has 0 saturated carbocycles. The summed E-state index contributed by atoms with van der Waals surface area (Å²) in [5, 5.41) is 20.0. The highest BCUT2D eigenvalue weighted by atomic mass is 32.2. The van der Waals surface area contributed by atoms with Crippen LogP contribution in [0.1, 0.15) is 16.8 Å². The van der Waals surface area contributed by atoms with E-state index in [-0.39, 0.29) is 18.1 Å². The van der Waals surface area contributed by atoms with Gasteiger partial charge < -0.3 is 15.5 Å². The fraction of sp³-hybridized carbons (Fsp3) is 0.333. The van der Waals surface area contributed by atoms with Gasteiger partial charge in [-0.15, -0.1) is 0 Å². The number of amides is 1. The van der Waals surface area contributed by atoms with E-state index in [0.717, 1.165) is 5.75 Å². The van der Waals surface area contributed by atoms with Crippen LogP contribution in [0, 0.1) is 0 Å². The minimum absolute atomic E-state index is 0.130. The van der Waals surface area contributed by atoms with Gasteiger partial charge in [-0.1, -0.05) is 0 Å². The summed E-state index contributed by atoms with van der Waals surface area (Å²) in [4.78, 5) is 22.1. The third-order valence-electron chi connectivity index (χ3n) is 2.10. The van der Waals surface area contributed by atoms with Crippen molar-refractivity contribution in [2.75, 3.05) is 23.4 Å². The minimum Gasteiger partial charge on any atom is -0.478 e. The van der Waals surface area contributed by atoms with E-state index in [4.69, 9.17) is 10.2 Å². The first-order chi connectivity index (χ1) is 8.63. The molecule has 1 amide bonds. The number of carboxylic acid groups (broad SMARTS) is 1. The van der Waals surface area contributed by atoms with Gasteiger partial charge in [0.25, 0.3) is 0 Å². The zero-order valence-electron chi connectivity index (χ0n) is 9.76. The number of benzene rings is 1. The lowest BCUT2D eigenvalue weighted by Crippen LogP contribution is -2.14. The molecule has 1 rings (SSSR count). The summed E-state index contributed by atoms with van der Waals surface area (Å²) in [5.41, 5.74) is 0.762. The van der Waals surface area contributed by atoms with Crippen LogP contribution in [0.4, 0.5) is 5.69 Å². The molecule has 0 bridgehead atoms. The molecule has 0 saturated heterocycles. The molecular weight excluding hydrogens is 254 g/mol. The third kappa shape index (κ3) is 5.20. The topological polar surface area (TPSA) is 86.6 Å². The molecule has 5 nitrogen and oxygen atoms in total. The summed E-state index contributed by atoms with van der Waals surface area (Å²) in [7, 11) is 0. The number of nitrogens with one attached hydrogen (secondary N) is 1. The zero-order chi connectivity index (χ0) is 13.4. The van der Waals surface area contributed by atoms with E-state index in [0.29, 0.717) is 17.9 Å². The number of thioether (sulfide) groups is 1. The fourth-order valence-corrected chi connectivity index (χ4v) is 1.96. The fourth-order valence-electron chi connectivity index (χ4n) is 1.22. The van der Waals surface area contributed by atoms with E-state index in [1.165, 1.54) is 23.9 Å². The summed E-state index contributed by atoms with van der Waals surface area (Å²) in [6, 6.07) is 5.99. The molecule has 0 aromatic heterocycles. The highest BCUT2D eigenvalue weighted by Gasteiger charge is 2.04. The molecule has 6 heteroatoms. The van der Waals surface area contributed by atoms with Crippen LogP contribution in [0.15, 0.2) is 24.3 Å². The third-order valence-corrected chi connectivity index (χ3v) is 3.14. The van der Waals surface area contributed by atoms with Gasteiger partial charge in [0.15, 0.2) is 0 Å². The van der Waals surface area contributed by atoms with Crippen molar-refractivity contribution in [1.82, 2.24) is 0 Å². The lowest BCUT2D eigenvalue weighted by molar-refractivity contribution is -0.113. The zero-order valence-corrected chi connectivity index (χ0v) is 10.6. The Labute approximate surface area is 109 Å². The standard InChI is InChI=1S/C12H15NO4S/c14-6-1-7-18-8-11(15)13-10-4-2-9(3-5-10)12(16)17/h2-5,14H,1,6-8H2,(H,13,15)(H,16,17). The van der Waals surface area contributed by atoms with E-state index in [1.807, 2.05) is 0 Å². The predicted molar refractivity (Wildman–Crippen MR) is 71.1 cm³/mol. The minimum atomic E-state index is -0.993. The number of carbonyl (C=O) groups excluding carboxylic acids is 1. The van der Waals surface area contributed by atoms with E-state index in [2.05, 4.69) is 5.32 Å². The van der Waals surface area contributed by atoms with Gasteiger partial charge in [0, 0.05) is 12.3 Å². The van der Waals surface area contributed by atoms with Crippen LogP contribution >= 0.6 is 11.8 Å². The second-order valence-corrected chi connectivity index (χ2v) is 4.67. The summed E-state index contributed by atoms with van der Waals surface area (Å²) >= 11 is 1.45. The summed E-state index contributed by atoms with van der Waals surface area (Å²) in [6.45, 7) is 0.130. The van der Waals surface area contributed by atoms with Crippen molar-refractivity contribution in [2.45, 2.75) is 6.42 Å². The molecule has 0 aliphatic heterocycles.